The van der Waals surface area contributed by atoms with Crippen molar-refractivity contribution in [2.75, 3.05) is 18.5 Å². The fourth-order valence-electron chi connectivity index (χ4n) is 4.08. The van der Waals surface area contributed by atoms with E-state index in [9.17, 15) is 0 Å². The van der Waals surface area contributed by atoms with Crippen LogP contribution in [0, 0.1) is 12.8 Å². The normalized spacial score (nSPS) is 29.8. The van der Waals surface area contributed by atoms with Crippen LogP contribution in [0.3, 0.4) is 0 Å². The van der Waals surface area contributed by atoms with Gasteiger partial charge in [0.15, 0.2) is 0 Å². The van der Waals surface area contributed by atoms with Crippen molar-refractivity contribution < 1.29 is 0 Å². The first kappa shape index (κ1) is 13.0. The van der Waals surface area contributed by atoms with E-state index in [0.29, 0.717) is 0 Å². The van der Waals surface area contributed by atoms with Gasteiger partial charge in [-0.25, -0.2) is 0 Å². The SMILES string of the molecule is CNCCC1CC2CCC(C1)N2c1cccc(C)c1. The zero-order valence-corrected chi connectivity index (χ0v) is 12.2. The maximum Gasteiger partial charge on any atom is 0.0373 e. The van der Waals surface area contributed by atoms with E-state index in [-0.39, 0.29) is 0 Å². The van der Waals surface area contributed by atoms with E-state index in [0.717, 1.165) is 18.0 Å². The van der Waals surface area contributed by atoms with Gasteiger partial charge in [0.25, 0.3) is 0 Å². The highest BCUT2D eigenvalue weighted by Gasteiger charge is 2.40. The van der Waals surface area contributed by atoms with Crippen molar-refractivity contribution in [2.24, 2.45) is 5.92 Å². The second kappa shape index (κ2) is 5.54. The molecular formula is C17H26N2. The second-order valence-corrected chi connectivity index (χ2v) is 6.36. The lowest BCUT2D eigenvalue weighted by molar-refractivity contribution is 0.321. The first-order chi connectivity index (χ1) is 9.28. The summed E-state index contributed by atoms with van der Waals surface area (Å²) in [6, 6.07) is 10.7. The van der Waals surface area contributed by atoms with Crippen LogP contribution in [-0.2, 0) is 0 Å². The lowest BCUT2D eigenvalue weighted by atomic mass is 9.87. The molecule has 2 heteroatoms. The summed E-state index contributed by atoms with van der Waals surface area (Å²) in [5, 5.41) is 3.30. The average molecular weight is 258 g/mol. The van der Waals surface area contributed by atoms with Gasteiger partial charge in [0.1, 0.15) is 0 Å². The van der Waals surface area contributed by atoms with E-state index in [2.05, 4.69) is 48.5 Å². The smallest absolute Gasteiger partial charge is 0.0373 e. The average Bonchev–Trinajstić information content (AvgIpc) is 2.68. The molecule has 2 aliphatic heterocycles. The number of nitrogens with zero attached hydrogens (tertiary/aromatic N) is 1. The van der Waals surface area contributed by atoms with Gasteiger partial charge in [0.05, 0.1) is 0 Å². The molecule has 2 atom stereocenters. The largest absolute Gasteiger partial charge is 0.366 e. The number of rotatable bonds is 4. The first-order valence-corrected chi connectivity index (χ1v) is 7.77. The summed E-state index contributed by atoms with van der Waals surface area (Å²) < 4.78 is 0. The van der Waals surface area contributed by atoms with Crippen molar-refractivity contribution in [3.63, 3.8) is 0 Å². The number of hydrogen-bond acceptors (Lipinski definition) is 2. The van der Waals surface area contributed by atoms with Crippen LogP contribution in [0.15, 0.2) is 24.3 Å². The molecule has 2 nitrogen and oxygen atoms in total. The van der Waals surface area contributed by atoms with Crippen LogP contribution in [0.4, 0.5) is 5.69 Å². The van der Waals surface area contributed by atoms with Crippen molar-refractivity contribution in [2.45, 2.75) is 51.1 Å². The van der Waals surface area contributed by atoms with Gasteiger partial charge >= 0.3 is 0 Å². The highest BCUT2D eigenvalue weighted by Crippen LogP contribution is 2.42. The second-order valence-electron chi connectivity index (χ2n) is 6.36. The Bertz CT molecular complexity index is 415. The number of aryl methyl sites for hydroxylation is 1. The summed E-state index contributed by atoms with van der Waals surface area (Å²) in [4.78, 5) is 2.73. The van der Waals surface area contributed by atoms with Gasteiger partial charge in [-0.2, -0.15) is 0 Å². The minimum Gasteiger partial charge on any atom is -0.366 e. The van der Waals surface area contributed by atoms with Crippen molar-refractivity contribution in [3.05, 3.63) is 29.8 Å². The van der Waals surface area contributed by atoms with Gasteiger partial charge in [-0.15, -0.1) is 0 Å². The number of piperidine rings is 1. The molecule has 0 aliphatic carbocycles. The quantitative estimate of drug-likeness (QED) is 0.891. The van der Waals surface area contributed by atoms with Gasteiger partial charge in [0.2, 0.25) is 0 Å². The molecular weight excluding hydrogens is 232 g/mol. The van der Waals surface area contributed by atoms with E-state index in [4.69, 9.17) is 0 Å². The van der Waals surface area contributed by atoms with Crippen LogP contribution in [0.25, 0.3) is 0 Å². The third-order valence-corrected chi connectivity index (χ3v) is 4.93. The highest BCUT2D eigenvalue weighted by atomic mass is 15.2. The Morgan fingerprint density at radius 3 is 2.58 bits per heavy atom. The fraction of sp³-hybridized carbons (Fsp3) is 0.647. The Morgan fingerprint density at radius 2 is 1.95 bits per heavy atom. The summed E-state index contributed by atoms with van der Waals surface area (Å²) in [5.74, 6) is 0.936. The van der Waals surface area contributed by atoms with Crippen LogP contribution in [0.5, 0.6) is 0 Å². The maximum absolute atomic E-state index is 3.30. The van der Waals surface area contributed by atoms with Gasteiger partial charge in [0, 0.05) is 17.8 Å². The minimum absolute atomic E-state index is 0.794. The van der Waals surface area contributed by atoms with Crippen LogP contribution in [0.1, 0.15) is 37.7 Å². The molecule has 2 saturated heterocycles. The molecule has 3 rings (SSSR count). The Labute approximate surface area is 117 Å². The van der Waals surface area contributed by atoms with Crippen LogP contribution in [0.2, 0.25) is 0 Å². The summed E-state index contributed by atoms with van der Waals surface area (Å²) in [5.41, 5.74) is 2.84. The molecule has 1 aromatic rings. The van der Waals surface area contributed by atoms with Crippen LogP contribution < -0.4 is 10.2 Å². The molecule has 0 radical (unpaired) electrons. The molecule has 104 valence electrons. The van der Waals surface area contributed by atoms with Gasteiger partial charge in [-0.3, -0.25) is 0 Å². The predicted molar refractivity (Wildman–Crippen MR) is 81.7 cm³/mol. The fourth-order valence-corrected chi connectivity index (χ4v) is 4.08. The molecule has 2 fully saturated rings. The highest BCUT2D eigenvalue weighted by molar-refractivity contribution is 5.52. The van der Waals surface area contributed by atoms with Crippen LogP contribution >= 0.6 is 0 Å². The number of nitrogens with one attached hydrogen (secondary N) is 1. The Kier molecular flexibility index (Phi) is 3.79. The Morgan fingerprint density at radius 1 is 1.21 bits per heavy atom. The van der Waals surface area contributed by atoms with E-state index in [1.165, 1.54) is 49.9 Å². The van der Waals surface area contributed by atoms with E-state index in [1.54, 1.807) is 0 Å². The Balaban J connectivity index is 1.73. The number of fused-ring (bicyclic) bond motifs is 2. The number of hydrogen-bond donors (Lipinski definition) is 1. The van der Waals surface area contributed by atoms with Gasteiger partial charge in [-0.05, 0) is 76.2 Å². The summed E-state index contributed by atoms with van der Waals surface area (Å²) >= 11 is 0. The third kappa shape index (κ3) is 2.64. The topological polar surface area (TPSA) is 15.3 Å². The molecule has 0 aromatic heterocycles. The molecule has 2 heterocycles. The standard InChI is InChI=1S/C17H26N2/c1-13-4-3-5-15(10-13)19-16-6-7-17(19)12-14(11-16)8-9-18-2/h3-5,10,14,16-18H,6-9,11-12H2,1-2H3. The molecule has 2 bridgehead atoms. The molecule has 0 spiro atoms. The number of benzene rings is 1. The monoisotopic (exact) mass is 258 g/mol. The lowest BCUT2D eigenvalue weighted by Crippen LogP contribution is -2.43. The molecule has 0 amide bonds. The van der Waals surface area contributed by atoms with Crippen molar-refractivity contribution >= 4 is 5.69 Å². The summed E-state index contributed by atoms with van der Waals surface area (Å²) in [7, 11) is 2.07. The molecule has 2 aliphatic rings. The van der Waals surface area contributed by atoms with Gasteiger partial charge < -0.3 is 10.2 Å². The lowest BCUT2D eigenvalue weighted by Gasteiger charge is -2.41. The molecule has 19 heavy (non-hydrogen) atoms. The van der Waals surface area contributed by atoms with Crippen LogP contribution in [-0.4, -0.2) is 25.7 Å². The zero-order valence-electron chi connectivity index (χ0n) is 12.2. The molecule has 1 N–H and O–H groups in total. The molecule has 2 unspecified atom stereocenters. The molecule has 0 saturated carbocycles. The number of anilines is 1. The summed E-state index contributed by atoms with van der Waals surface area (Å²) in [6.07, 6.45) is 6.94. The van der Waals surface area contributed by atoms with E-state index in [1.807, 2.05) is 0 Å². The van der Waals surface area contributed by atoms with Gasteiger partial charge in [-0.1, -0.05) is 12.1 Å². The minimum atomic E-state index is 0.794. The summed E-state index contributed by atoms with van der Waals surface area (Å²) in [6.45, 7) is 3.37. The zero-order chi connectivity index (χ0) is 13.2. The van der Waals surface area contributed by atoms with Crippen molar-refractivity contribution in [1.82, 2.24) is 5.32 Å². The maximum atomic E-state index is 3.30. The molecule has 1 aromatic carbocycles. The first-order valence-electron chi connectivity index (χ1n) is 7.77. The Hall–Kier alpha value is -1.02. The van der Waals surface area contributed by atoms with Crippen molar-refractivity contribution in [3.8, 4) is 0 Å². The van der Waals surface area contributed by atoms with Crippen molar-refractivity contribution in [1.29, 1.82) is 0 Å². The van der Waals surface area contributed by atoms with E-state index >= 15 is 0 Å². The van der Waals surface area contributed by atoms with E-state index < -0.39 is 0 Å². The predicted octanol–water partition coefficient (Wildman–Crippen LogP) is 3.35. The third-order valence-electron chi connectivity index (χ3n) is 4.93.